The molecule has 110 valence electrons. The molecule has 0 aliphatic carbocycles. The van der Waals surface area contributed by atoms with E-state index >= 15 is 0 Å². The first-order valence-corrected chi connectivity index (χ1v) is 7.40. The smallest absolute Gasteiger partial charge is 0.175 e. The Morgan fingerprint density at radius 2 is 1.45 bits per heavy atom. The molecule has 0 atom stereocenters. The van der Waals surface area contributed by atoms with Crippen LogP contribution in [0.2, 0.25) is 0 Å². The maximum absolute atomic E-state index is 9.93. The second-order valence-corrected chi connectivity index (χ2v) is 5.48. The van der Waals surface area contributed by atoms with Crippen molar-refractivity contribution in [3.63, 3.8) is 0 Å². The first-order valence-electron chi connectivity index (χ1n) is 6.99. The van der Waals surface area contributed by atoms with Crippen molar-refractivity contribution in [2.75, 3.05) is 10.6 Å². The topological polar surface area (TPSA) is 44.3 Å². The van der Waals surface area contributed by atoms with Gasteiger partial charge in [0.05, 0.1) is 0 Å². The molecule has 0 saturated carbocycles. The van der Waals surface area contributed by atoms with E-state index in [4.69, 9.17) is 12.2 Å². The van der Waals surface area contributed by atoms with Crippen LogP contribution in [0.15, 0.2) is 60.7 Å². The van der Waals surface area contributed by atoms with Crippen LogP contribution < -0.4 is 10.6 Å². The van der Waals surface area contributed by atoms with Crippen molar-refractivity contribution >= 4 is 39.5 Å². The molecule has 0 saturated heterocycles. The highest BCUT2D eigenvalue weighted by atomic mass is 32.1. The molecule has 0 radical (unpaired) electrons. The quantitative estimate of drug-likeness (QED) is 0.602. The minimum Gasteiger partial charge on any atom is -0.507 e. The second-order valence-electron chi connectivity index (χ2n) is 5.07. The van der Waals surface area contributed by atoms with Gasteiger partial charge in [0.1, 0.15) is 5.75 Å². The van der Waals surface area contributed by atoms with E-state index in [9.17, 15) is 5.11 Å². The van der Waals surface area contributed by atoms with Crippen LogP contribution >= 0.6 is 12.2 Å². The van der Waals surface area contributed by atoms with E-state index in [-0.39, 0.29) is 5.75 Å². The molecular weight excluding hydrogens is 292 g/mol. The van der Waals surface area contributed by atoms with E-state index in [1.165, 1.54) is 0 Å². The summed E-state index contributed by atoms with van der Waals surface area (Å²) < 4.78 is 0. The lowest BCUT2D eigenvalue weighted by Gasteiger charge is -2.14. The number of hydrogen-bond acceptors (Lipinski definition) is 2. The van der Waals surface area contributed by atoms with E-state index in [1.54, 1.807) is 6.07 Å². The van der Waals surface area contributed by atoms with Crippen molar-refractivity contribution in [3.05, 3.63) is 66.2 Å². The highest BCUT2D eigenvalue weighted by Crippen LogP contribution is 2.29. The third-order valence-corrected chi connectivity index (χ3v) is 3.74. The minimum atomic E-state index is 0.263. The Hall–Kier alpha value is -2.59. The summed E-state index contributed by atoms with van der Waals surface area (Å²) in [5.74, 6) is 0.263. The van der Waals surface area contributed by atoms with Crippen molar-refractivity contribution < 1.29 is 5.11 Å². The molecule has 0 aliphatic heterocycles. The lowest BCUT2D eigenvalue weighted by Crippen LogP contribution is -2.19. The van der Waals surface area contributed by atoms with Crippen molar-refractivity contribution in [3.8, 4) is 5.75 Å². The number of benzene rings is 3. The molecule has 3 nitrogen and oxygen atoms in total. The number of anilines is 2. The fraction of sp³-hybridized carbons (Fsp3) is 0.0556. The van der Waals surface area contributed by atoms with Gasteiger partial charge < -0.3 is 15.7 Å². The molecule has 0 aliphatic rings. The fourth-order valence-electron chi connectivity index (χ4n) is 2.39. The van der Waals surface area contributed by atoms with Crippen molar-refractivity contribution in [2.45, 2.75) is 6.92 Å². The van der Waals surface area contributed by atoms with Gasteiger partial charge in [0.25, 0.3) is 0 Å². The molecule has 3 N–H and O–H groups in total. The number of nitrogens with one attached hydrogen (secondary N) is 2. The lowest BCUT2D eigenvalue weighted by atomic mass is 10.1. The zero-order valence-corrected chi connectivity index (χ0v) is 12.9. The maximum atomic E-state index is 9.93. The highest BCUT2D eigenvalue weighted by Gasteiger charge is 2.06. The molecule has 0 amide bonds. The van der Waals surface area contributed by atoms with Crippen molar-refractivity contribution in [1.82, 2.24) is 0 Å². The molecule has 3 aromatic rings. The lowest BCUT2D eigenvalue weighted by molar-refractivity contribution is 0.481. The van der Waals surface area contributed by atoms with Gasteiger partial charge in [-0.1, -0.05) is 42.5 Å². The van der Waals surface area contributed by atoms with Gasteiger partial charge in [0.15, 0.2) is 5.11 Å². The molecule has 0 spiro atoms. The number of phenolic OH excluding ortho intramolecular Hbond substituents is 1. The number of fused-ring (bicyclic) bond motifs is 1. The van der Waals surface area contributed by atoms with Crippen LogP contribution in [-0.2, 0) is 0 Å². The summed E-state index contributed by atoms with van der Waals surface area (Å²) in [5.41, 5.74) is 2.96. The van der Waals surface area contributed by atoms with Gasteiger partial charge in [-0.25, -0.2) is 0 Å². The second kappa shape index (κ2) is 6.03. The number of hydrogen-bond donors (Lipinski definition) is 3. The van der Waals surface area contributed by atoms with Gasteiger partial charge in [-0.05, 0) is 42.9 Å². The summed E-state index contributed by atoms with van der Waals surface area (Å²) in [6, 6.07) is 19.1. The number of rotatable bonds is 2. The summed E-state index contributed by atoms with van der Waals surface area (Å²) in [6.45, 7) is 2.03. The predicted octanol–water partition coefficient (Wildman–Crippen LogP) is 4.66. The molecule has 4 heteroatoms. The SMILES string of the molecule is Cc1ccccc1NC(=S)Nc1cccc2c(O)cccc12. The van der Waals surface area contributed by atoms with Gasteiger partial charge >= 0.3 is 0 Å². The van der Waals surface area contributed by atoms with Crippen molar-refractivity contribution in [1.29, 1.82) is 0 Å². The molecule has 22 heavy (non-hydrogen) atoms. The molecular formula is C18H16N2OS. The maximum Gasteiger partial charge on any atom is 0.175 e. The largest absolute Gasteiger partial charge is 0.507 e. The monoisotopic (exact) mass is 308 g/mol. The Bertz CT molecular complexity index is 845. The highest BCUT2D eigenvalue weighted by molar-refractivity contribution is 7.80. The number of phenols is 1. The Labute approximate surface area is 134 Å². The minimum absolute atomic E-state index is 0.263. The Balaban J connectivity index is 1.86. The summed E-state index contributed by atoms with van der Waals surface area (Å²) in [6.07, 6.45) is 0. The average Bonchev–Trinajstić information content (AvgIpc) is 2.51. The van der Waals surface area contributed by atoms with Gasteiger partial charge in [-0.2, -0.15) is 0 Å². The fourth-order valence-corrected chi connectivity index (χ4v) is 2.61. The normalized spacial score (nSPS) is 10.4. The molecule has 3 rings (SSSR count). The zero-order valence-electron chi connectivity index (χ0n) is 12.1. The third kappa shape index (κ3) is 2.87. The number of aryl methyl sites for hydroxylation is 1. The van der Waals surface area contributed by atoms with E-state index in [1.807, 2.05) is 61.5 Å². The summed E-state index contributed by atoms with van der Waals surface area (Å²) >= 11 is 5.39. The third-order valence-electron chi connectivity index (χ3n) is 3.54. The van der Waals surface area contributed by atoms with Gasteiger partial charge in [-0.3, -0.25) is 0 Å². The van der Waals surface area contributed by atoms with Crippen LogP contribution in [0.25, 0.3) is 10.8 Å². The van der Waals surface area contributed by atoms with Gasteiger partial charge in [0, 0.05) is 22.1 Å². The first kappa shape index (κ1) is 14.4. The van der Waals surface area contributed by atoms with E-state index in [0.717, 1.165) is 27.7 Å². The Morgan fingerprint density at radius 3 is 2.27 bits per heavy atom. The van der Waals surface area contributed by atoms with Crippen LogP contribution in [0.4, 0.5) is 11.4 Å². The number of aromatic hydroxyl groups is 1. The van der Waals surface area contributed by atoms with E-state index in [0.29, 0.717) is 5.11 Å². The van der Waals surface area contributed by atoms with E-state index < -0.39 is 0 Å². The molecule has 0 unspecified atom stereocenters. The number of para-hydroxylation sites is 1. The summed E-state index contributed by atoms with van der Waals surface area (Å²) in [7, 11) is 0. The Kier molecular flexibility index (Phi) is 3.94. The number of thiocarbonyl (C=S) groups is 1. The van der Waals surface area contributed by atoms with Gasteiger partial charge in [0.2, 0.25) is 0 Å². The average molecular weight is 308 g/mol. The van der Waals surface area contributed by atoms with Crippen LogP contribution in [0.5, 0.6) is 5.75 Å². The van der Waals surface area contributed by atoms with Crippen LogP contribution in [0.1, 0.15) is 5.56 Å². The van der Waals surface area contributed by atoms with Crippen LogP contribution in [-0.4, -0.2) is 10.2 Å². The van der Waals surface area contributed by atoms with Gasteiger partial charge in [-0.15, -0.1) is 0 Å². The molecule has 0 aromatic heterocycles. The van der Waals surface area contributed by atoms with E-state index in [2.05, 4.69) is 10.6 Å². The predicted molar refractivity (Wildman–Crippen MR) is 96.6 cm³/mol. The molecule has 3 aromatic carbocycles. The summed E-state index contributed by atoms with van der Waals surface area (Å²) in [4.78, 5) is 0. The molecule has 0 bridgehead atoms. The summed E-state index contributed by atoms with van der Waals surface area (Å²) in [5, 5.41) is 18.6. The molecule has 0 heterocycles. The van der Waals surface area contributed by atoms with Crippen LogP contribution in [0, 0.1) is 6.92 Å². The molecule has 0 fully saturated rings. The first-order chi connectivity index (χ1) is 10.6. The Morgan fingerprint density at radius 1 is 0.818 bits per heavy atom. The van der Waals surface area contributed by atoms with Crippen molar-refractivity contribution in [2.24, 2.45) is 0 Å². The zero-order chi connectivity index (χ0) is 15.5. The standard InChI is InChI=1S/C18H16N2OS/c1-12-6-2-3-9-15(12)19-18(22)20-16-10-4-8-14-13(16)7-5-11-17(14)21/h2-11,21H,1H3,(H2,19,20,22). The van der Waals surface area contributed by atoms with Crippen LogP contribution in [0.3, 0.4) is 0 Å².